The summed E-state index contributed by atoms with van der Waals surface area (Å²) in [6.07, 6.45) is 5.62. The summed E-state index contributed by atoms with van der Waals surface area (Å²) >= 11 is 0. The first-order valence-electron chi connectivity index (χ1n) is 5.75. The molecule has 0 bridgehead atoms. The predicted octanol–water partition coefficient (Wildman–Crippen LogP) is 3.68. The van der Waals surface area contributed by atoms with Crippen LogP contribution >= 0.6 is 0 Å². The quantitative estimate of drug-likeness (QED) is 0.570. The summed E-state index contributed by atoms with van der Waals surface area (Å²) in [5.41, 5.74) is 2.41. The van der Waals surface area contributed by atoms with E-state index in [2.05, 4.69) is 18.2 Å². The lowest BCUT2D eigenvalue weighted by Crippen LogP contribution is -1.91. The number of nitriles is 1. The van der Waals surface area contributed by atoms with Crippen molar-refractivity contribution >= 4 is 6.21 Å². The van der Waals surface area contributed by atoms with Crippen molar-refractivity contribution in [2.24, 2.45) is 0 Å². The topological polar surface area (TPSA) is 47.6 Å². The van der Waals surface area contributed by atoms with Crippen LogP contribution in [0.25, 0.3) is 0 Å². The van der Waals surface area contributed by atoms with Gasteiger partial charge in [0.2, 0.25) is 0 Å². The Morgan fingerprint density at radius 1 is 1.31 bits per heavy atom. The van der Waals surface area contributed by atoms with E-state index in [9.17, 15) is 0 Å². The van der Waals surface area contributed by atoms with Crippen molar-refractivity contribution < 1.29 is 0 Å². The van der Waals surface area contributed by atoms with Gasteiger partial charge in [-0.2, -0.15) is 5.26 Å². The molecule has 1 atom stereocenters. The SMILES string of the molecule is CC(C#N)c1ccc(CCCCC=N)cc1. The van der Waals surface area contributed by atoms with Crippen LogP contribution in [0.3, 0.4) is 0 Å². The van der Waals surface area contributed by atoms with E-state index in [1.54, 1.807) is 0 Å². The molecule has 0 saturated heterocycles. The molecule has 1 rings (SSSR count). The van der Waals surface area contributed by atoms with Gasteiger partial charge >= 0.3 is 0 Å². The molecule has 0 spiro atoms. The first-order chi connectivity index (χ1) is 7.77. The molecule has 1 unspecified atom stereocenters. The highest BCUT2D eigenvalue weighted by molar-refractivity contribution is 5.52. The maximum Gasteiger partial charge on any atom is 0.0700 e. The third kappa shape index (κ3) is 3.86. The number of rotatable bonds is 6. The molecular weight excluding hydrogens is 196 g/mol. The summed E-state index contributed by atoms with van der Waals surface area (Å²) in [6, 6.07) is 10.5. The third-order valence-electron chi connectivity index (χ3n) is 2.74. The number of hydrogen-bond donors (Lipinski definition) is 1. The van der Waals surface area contributed by atoms with E-state index in [0.29, 0.717) is 0 Å². The zero-order valence-corrected chi connectivity index (χ0v) is 9.74. The van der Waals surface area contributed by atoms with Crippen molar-refractivity contribution in [3.8, 4) is 6.07 Å². The van der Waals surface area contributed by atoms with Gasteiger partial charge in [0.05, 0.1) is 12.0 Å². The largest absolute Gasteiger partial charge is 0.313 e. The van der Waals surface area contributed by atoms with E-state index >= 15 is 0 Å². The van der Waals surface area contributed by atoms with Crippen molar-refractivity contribution in [3.05, 3.63) is 35.4 Å². The summed E-state index contributed by atoms with van der Waals surface area (Å²) < 4.78 is 0. The van der Waals surface area contributed by atoms with Crippen molar-refractivity contribution in [2.75, 3.05) is 0 Å². The number of nitrogens with zero attached hydrogens (tertiary/aromatic N) is 1. The minimum absolute atomic E-state index is 0.0213. The van der Waals surface area contributed by atoms with Gasteiger partial charge in [-0.15, -0.1) is 0 Å². The van der Waals surface area contributed by atoms with Gasteiger partial charge in [-0.05, 0) is 49.9 Å². The van der Waals surface area contributed by atoms with Crippen LogP contribution in [-0.4, -0.2) is 6.21 Å². The van der Waals surface area contributed by atoms with E-state index in [1.165, 1.54) is 11.8 Å². The Labute approximate surface area is 97.4 Å². The number of hydrogen-bond acceptors (Lipinski definition) is 2. The van der Waals surface area contributed by atoms with Gasteiger partial charge < -0.3 is 5.41 Å². The summed E-state index contributed by atoms with van der Waals surface area (Å²) in [6.45, 7) is 1.92. The second-order valence-electron chi connectivity index (χ2n) is 4.04. The molecule has 0 aliphatic heterocycles. The molecule has 1 aromatic rings. The summed E-state index contributed by atoms with van der Waals surface area (Å²) in [5, 5.41) is 15.7. The Balaban J connectivity index is 2.46. The number of benzene rings is 1. The Bertz CT molecular complexity index is 359. The highest BCUT2D eigenvalue weighted by Crippen LogP contribution is 2.15. The Kier molecular flexibility index (Phi) is 5.28. The van der Waals surface area contributed by atoms with E-state index in [0.717, 1.165) is 31.2 Å². The fourth-order valence-corrected chi connectivity index (χ4v) is 1.62. The number of aryl methyl sites for hydroxylation is 1. The maximum absolute atomic E-state index is 8.79. The van der Waals surface area contributed by atoms with Crippen LogP contribution in [0.5, 0.6) is 0 Å². The standard InChI is InChI=1S/C14H18N2/c1-12(11-16)14-8-6-13(7-9-14)5-3-2-4-10-15/h6-10,12,15H,2-5H2,1H3. The molecule has 84 valence electrons. The molecule has 0 fully saturated rings. The Morgan fingerprint density at radius 3 is 2.56 bits per heavy atom. The summed E-state index contributed by atoms with van der Waals surface area (Å²) in [4.78, 5) is 0. The van der Waals surface area contributed by atoms with Gasteiger partial charge in [-0.25, -0.2) is 0 Å². The van der Waals surface area contributed by atoms with Gasteiger partial charge in [0, 0.05) is 0 Å². The predicted molar refractivity (Wildman–Crippen MR) is 66.8 cm³/mol. The Morgan fingerprint density at radius 2 is 2.00 bits per heavy atom. The lowest BCUT2D eigenvalue weighted by Gasteiger charge is -2.05. The fraction of sp³-hybridized carbons (Fsp3) is 0.429. The van der Waals surface area contributed by atoms with E-state index < -0.39 is 0 Å². The van der Waals surface area contributed by atoms with Crippen LogP contribution in [0.4, 0.5) is 0 Å². The van der Waals surface area contributed by atoms with Gasteiger partial charge in [0.25, 0.3) is 0 Å². The van der Waals surface area contributed by atoms with Gasteiger partial charge in [-0.3, -0.25) is 0 Å². The molecule has 0 saturated carbocycles. The highest BCUT2D eigenvalue weighted by atomic mass is 14.3. The molecule has 1 aromatic carbocycles. The normalized spacial score (nSPS) is 11.8. The molecule has 16 heavy (non-hydrogen) atoms. The number of nitrogens with one attached hydrogen (secondary N) is 1. The van der Waals surface area contributed by atoms with Crippen LogP contribution in [-0.2, 0) is 6.42 Å². The zero-order valence-electron chi connectivity index (χ0n) is 9.74. The lowest BCUT2D eigenvalue weighted by atomic mass is 9.99. The van der Waals surface area contributed by atoms with Crippen molar-refractivity contribution in [1.29, 1.82) is 10.7 Å². The van der Waals surface area contributed by atoms with Crippen molar-refractivity contribution in [1.82, 2.24) is 0 Å². The monoisotopic (exact) mass is 214 g/mol. The fourth-order valence-electron chi connectivity index (χ4n) is 1.62. The van der Waals surface area contributed by atoms with E-state index in [4.69, 9.17) is 10.7 Å². The van der Waals surface area contributed by atoms with Crippen LogP contribution in [0.15, 0.2) is 24.3 Å². The minimum atomic E-state index is -0.0213. The molecule has 0 heterocycles. The van der Waals surface area contributed by atoms with Crippen molar-refractivity contribution in [3.63, 3.8) is 0 Å². The smallest absolute Gasteiger partial charge is 0.0700 e. The molecule has 2 nitrogen and oxygen atoms in total. The lowest BCUT2D eigenvalue weighted by molar-refractivity contribution is 0.765. The van der Waals surface area contributed by atoms with Crippen LogP contribution in [0.1, 0.15) is 43.2 Å². The maximum atomic E-state index is 8.79. The van der Waals surface area contributed by atoms with Gasteiger partial charge in [0.1, 0.15) is 0 Å². The molecule has 1 N–H and O–H groups in total. The summed E-state index contributed by atoms with van der Waals surface area (Å²) in [5.74, 6) is -0.0213. The molecule has 0 radical (unpaired) electrons. The second-order valence-corrected chi connectivity index (χ2v) is 4.04. The van der Waals surface area contributed by atoms with Gasteiger partial charge in [0.15, 0.2) is 0 Å². The molecular formula is C14H18N2. The molecule has 0 aromatic heterocycles. The second kappa shape index (κ2) is 6.79. The summed E-state index contributed by atoms with van der Waals surface area (Å²) in [7, 11) is 0. The average Bonchev–Trinajstić information content (AvgIpc) is 2.34. The average molecular weight is 214 g/mol. The molecule has 0 amide bonds. The van der Waals surface area contributed by atoms with Gasteiger partial charge in [-0.1, -0.05) is 24.3 Å². The van der Waals surface area contributed by atoms with E-state index in [-0.39, 0.29) is 5.92 Å². The highest BCUT2D eigenvalue weighted by Gasteiger charge is 2.02. The van der Waals surface area contributed by atoms with E-state index in [1.807, 2.05) is 19.1 Å². The first kappa shape index (κ1) is 12.4. The minimum Gasteiger partial charge on any atom is -0.313 e. The Hall–Kier alpha value is -1.62. The molecule has 2 heteroatoms. The van der Waals surface area contributed by atoms with Crippen LogP contribution in [0.2, 0.25) is 0 Å². The van der Waals surface area contributed by atoms with Crippen molar-refractivity contribution in [2.45, 2.75) is 38.5 Å². The zero-order chi connectivity index (χ0) is 11.8. The van der Waals surface area contributed by atoms with Crippen LogP contribution < -0.4 is 0 Å². The molecule has 0 aliphatic carbocycles. The van der Waals surface area contributed by atoms with Crippen LogP contribution in [0, 0.1) is 16.7 Å². The number of unbranched alkanes of at least 4 members (excludes halogenated alkanes) is 2. The molecule has 0 aliphatic rings. The third-order valence-corrected chi connectivity index (χ3v) is 2.74. The first-order valence-corrected chi connectivity index (χ1v) is 5.75.